The molecule has 0 saturated carbocycles. The summed E-state index contributed by atoms with van der Waals surface area (Å²) in [6, 6.07) is 3.64. The van der Waals surface area contributed by atoms with Crippen LogP contribution in [-0.2, 0) is 11.3 Å². The number of aliphatic hydroxyl groups is 1. The molecule has 0 aliphatic rings. The van der Waals surface area contributed by atoms with Gasteiger partial charge in [-0.05, 0) is 17.7 Å². The summed E-state index contributed by atoms with van der Waals surface area (Å²) in [4.78, 5) is 11.2. The Kier molecular flexibility index (Phi) is 3.37. The first kappa shape index (κ1) is 11.1. The van der Waals surface area contributed by atoms with Crippen molar-refractivity contribution < 1.29 is 19.0 Å². The maximum absolute atomic E-state index is 13.0. The molecule has 0 heterocycles. The first-order chi connectivity index (χ1) is 7.13. The summed E-state index contributed by atoms with van der Waals surface area (Å²) >= 11 is 0. The Hall–Kier alpha value is -1.93. The van der Waals surface area contributed by atoms with E-state index in [1.165, 1.54) is 0 Å². The minimum absolute atomic E-state index is 0.0641. The normalized spacial score (nSPS) is 9.47. The molecule has 0 aliphatic heterocycles. The maximum Gasteiger partial charge on any atom is 0.339 e. The predicted molar refractivity (Wildman–Crippen MR) is 48.4 cm³/mol. The monoisotopic (exact) mass is 209 g/mol. The molecule has 0 aliphatic carbocycles. The van der Waals surface area contributed by atoms with Crippen molar-refractivity contribution in [2.45, 2.75) is 6.61 Å². The highest BCUT2D eigenvalue weighted by molar-refractivity contribution is 5.92. The molecule has 1 rings (SSSR count). The maximum atomic E-state index is 13.0. The van der Waals surface area contributed by atoms with Crippen LogP contribution < -0.4 is 0 Å². The van der Waals surface area contributed by atoms with Gasteiger partial charge in [-0.2, -0.15) is 5.26 Å². The van der Waals surface area contributed by atoms with Gasteiger partial charge in [0.1, 0.15) is 11.9 Å². The number of ether oxygens (including phenoxy) is 1. The fourth-order valence-electron chi connectivity index (χ4n) is 1.19. The highest BCUT2D eigenvalue weighted by Gasteiger charge is 2.16. The zero-order valence-corrected chi connectivity index (χ0v) is 7.95. The highest BCUT2D eigenvalue weighted by atomic mass is 19.1. The Morgan fingerprint density at radius 3 is 2.80 bits per heavy atom. The van der Waals surface area contributed by atoms with E-state index < -0.39 is 18.4 Å². The molecule has 0 fully saturated rings. The van der Waals surface area contributed by atoms with Gasteiger partial charge in [-0.1, -0.05) is 0 Å². The standard InChI is InChI=1S/C10H8FNO3/c1-15-10(14)8-3-7(11)2-6(5-13)9(8)4-12/h2-3,13H,5H2,1H3. The van der Waals surface area contributed by atoms with Crippen LogP contribution >= 0.6 is 0 Å². The number of esters is 1. The number of aliphatic hydroxyl groups excluding tert-OH is 1. The Morgan fingerprint density at radius 2 is 2.33 bits per heavy atom. The molecule has 5 heteroatoms. The highest BCUT2D eigenvalue weighted by Crippen LogP contribution is 2.17. The van der Waals surface area contributed by atoms with E-state index in [0.29, 0.717) is 0 Å². The van der Waals surface area contributed by atoms with E-state index in [0.717, 1.165) is 19.2 Å². The molecule has 1 aromatic rings. The molecule has 0 amide bonds. The third-order valence-electron chi connectivity index (χ3n) is 1.87. The Labute approximate surface area is 85.5 Å². The van der Waals surface area contributed by atoms with Crippen molar-refractivity contribution in [1.29, 1.82) is 5.26 Å². The van der Waals surface area contributed by atoms with E-state index in [1.54, 1.807) is 6.07 Å². The largest absolute Gasteiger partial charge is 0.465 e. The summed E-state index contributed by atoms with van der Waals surface area (Å²) in [5.41, 5.74) is -0.173. The number of nitriles is 1. The zero-order chi connectivity index (χ0) is 11.4. The van der Waals surface area contributed by atoms with Gasteiger partial charge in [-0.3, -0.25) is 0 Å². The van der Waals surface area contributed by atoms with Crippen molar-refractivity contribution in [3.8, 4) is 6.07 Å². The Balaban J connectivity index is 3.43. The van der Waals surface area contributed by atoms with Gasteiger partial charge in [0.2, 0.25) is 0 Å². The molecule has 4 nitrogen and oxygen atoms in total. The van der Waals surface area contributed by atoms with Crippen LogP contribution in [0.3, 0.4) is 0 Å². The van der Waals surface area contributed by atoms with Crippen molar-refractivity contribution >= 4 is 5.97 Å². The first-order valence-corrected chi connectivity index (χ1v) is 4.05. The van der Waals surface area contributed by atoms with Crippen molar-refractivity contribution in [1.82, 2.24) is 0 Å². The van der Waals surface area contributed by atoms with Crippen molar-refractivity contribution in [3.05, 3.63) is 34.6 Å². The van der Waals surface area contributed by atoms with Crippen LogP contribution in [0.4, 0.5) is 4.39 Å². The van der Waals surface area contributed by atoms with E-state index >= 15 is 0 Å². The van der Waals surface area contributed by atoms with E-state index in [4.69, 9.17) is 10.4 Å². The quantitative estimate of drug-likeness (QED) is 0.737. The molecule has 1 aromatic carbocycles. The number of nitrogens with zero attached hydrogens (tertiary/aromatic N) is 1. The number of methoxy groups -OCH3 is 1. The summed E-state index contributed by atoms with van der Waals surface area (Å²) in [7, 11) is 1.13. The smallest absolute Gasteiger partial charge is 0.339 e. The summed E-state index contributed by atoms with van der Waals surface area (Å²) in [6.45, 7) is -0.509. The molecule has 0 atom stereocenters. The fraction of sp³-hybridized carbons (Fsp3) is 0.200. The van der Waals surface area contributed by atoms with Gasteiger partial charge in [0.05, 0.1) is 24.8 Å². The van der Waals surface area contributed by atoms with E-state index in [9.17, 15) is 9.18 Å². The van der Waals surface area contributed by atoms with Crippen LogP contribution in [0, 0.1) is 17.1 Å². The average Bonchev–Trinajstić information content (AvgIpc) is 2.26. The predicted octanol–water partition coefficient (Wildman–Crippen LogP) is 0.976. The lowest BCUT2D eigenvalue weighted by Gasteiger charge is -2.06. The fourth-order valence-corrected chi connectivity index (χ4v) is 1.19. The minimum atomic E-state index is -0.805. The molecule has 0 bridgehead atoms. The number of benzene rings is 1. The lowest BCUT2D eigenvalue weighted by molar-refractivity contribution is 0.0599. The van der Waals surface area contributed by atoms with E-state index in [1.807, 2.05) is 0 Å². The molecular formula is C10H8FNO3. The van der Waals surface area contributed by atoms with Gasteiger partial charge in [0, 0.05) is 0 Å². The molecule has 0 spiro atoms. The number of halogens is 1. The lowest BCUT2D eigenvalue weighted by atomic mass is 10.0. The Bertz CT molecular complexity index is 437. The summed E-state index contributed by atoms with van der Waals surface area (Å²) < 4.78 is 17.4. The summed E-state index contributed by atoms with van der Waals surface area (Å²) in [6.07, 6.45) is 0. The van der Waals surface area contributed by atoms with Crippen LogP contribution in [0.25, 0.3) is 0 Å². The summed E-state index contributed by atoms with van der Waals surface area (Å²) in [5.74, 6) is -1.50. The van der Waals surface area contributed by atoms with Gasteiger partial charge >= 0.3 is 5.97 Å². The second kappa shape index (κ2) is 4.53. The second-order valence-corrected chi connectivity index (χ2v) is 2.75. The van der Waals surface area contributed by atoms with Crippen molar-refractivity contribution in [3.63, 3.8) is 0 Å². The molecule has 0 saturated heterocycles. The molecular weight excluding hydrogens is 201 g/mol. The van der Waals surface area contributed by atoms with Crippen LogP contribution in [0.5, 0.6) is 0 Å². The van der Waals surface area contributed by atoms with E-state index in [2.05, 4.69) is 4.74 Å². The lowest BCUT2D eigenvalue weighted by Crippen LogP contribution is -2.07. The molecule has 1 N–H and O–H groups in total. The van der Waals surface area contributed by atoms with Gasteiger partial charge < -0.3 is 9.84 Å². The summed E-state index contributed by atoms with van der Waals surface area (Å²) in [5, 5.41) is 17.7. The number of rotatable bonds is 2. The van der Waals surface area contributed by atoms with Crippen LogP contribution in [0.2, 0.25) is 0 Å². The second-order valence-electron chi connectivity index (χ2n) is 2.75. The zero-order valence-electron chi connectivity index (χ0n) is 7.95. The molecule has 0 aromatic heterocycles. The van der Waals surface area contributed by atoms with Crippen molar-refractivity contribution in [2.24, 2.45) is 0 Å². The SMILES string of the molecule is COC(=O)c1cc(F)cc(CO)c1C#N. The van der Waals surface area contributed by atoms with Crippen LogP contribution in [0.15, 0.2) is 12.1 Å². The number of carbonyl (C=O) groups excluding carboxylic acids is 1. The van der Waals surface area contributed by atoms with Crippen LogP contribution in [0.1, 0.15) is 21.5 Å². The number of hydrogen-bond acceptors (Lipinski definition) is 4. The molecule has 15 heavy (non-hydrogen) atoms. The van der Waals surface area contributed by atoms with Crippen molar-refractivity contribution in [2.75, 3.05) is 7.11 Å². The van der Waals surface area contributed by atoms with Crippen LogP contribution in [-0.4, -0.2) is 18.2 Å². The average molecular weight is 209 g/mol. The molecule has 0 radical (unpaired) electrons. The van der Waals surface area contributed by atoms with Gasteiger partial charge in [-0.15, -0.1) is 0 Å². The molecule has 0 unspecified atom stereocenters. The van der Waals surface area contributed by atoms with Gasteiger partial charge in [0.15, 0.2) is 0 Å². The van der Waals surface area contributed by atoms with Gasteiger partial charge in [0.25, 0.3) is 0 Å². The topological polar surface area (TPSA) is 70.3 Å². The first-order valence-electron chi connectivity index (χ1n) is 4.05. The van der Waals surface area contributed by atoms with Gasteiger partial charge in [-0.25, -0.2) is 9.18 Å². The van der Waals surface area contributed by atoms with E-state index in [-0.39, 0.29) is 16.7 Å². The molecule has 78 valence electrons. The Morgan fingerprint density at radius 1 is 1.67 bits per heavy atom. The third kappa shape index (κ3) is 2.11. The third-order valence-corrected chi connectivity index (χ3v) is 1.87. The number of hydrogen-bond donors (Lipinski definition) is 1. The minimum Gasteiger partial charge on any atom is -0.465 e. The number of carbonyl (C=O) groups is 1.